The number of carbonyl (C=O) groups is 2. The van der Waals surface area contributed by atoms with E-state index < -0.39 is 6.04 Å². The van der Waals surface area contributed by atoms with Crippen molar-refractivity contribution in [1.29, 1.82) is 0 Å². The molecular formula is C20H26N2O3. The first-order chi connectivity index (χ1) is 11.9. The van der Waals surface area contributed by atoms with Gasteiger partial charge < -0.3 is 15.1 Å². The van der Waals surface area contributed by atoms with Crippen molar-refractivity contribution in [3.8, 4) is 0 Å². The Bertz CT molecular complexity index is 690. The minimum absolute atomic E-state index is 0.0476. The number of amides is 2. The minimum atomic E-state index is -0.630. The Hall–Kier alpha value is -2.56. The molecule has 0 radical (unpaired) electrons. The van der Waals surface area contributed by atoms with E-state index in [2.05, 4.69) is 29.7 Å². The summed E-state index contributed by atoms with van der Waals surface area (Å²) in [7, 11) is 0. The van der Waals surface area contributed by atoms with Gasteiger partial charge in [-0.15, -0.1) is 0 Å². The average molecular weight is 342 g/mol. The van der Waals surface area contributed by atoms with Gasteiger partial charge in [0.05, 0.1) is 12.3 Å². The van der Waals surface area contributed by atoms with Gasteiger partial charge >= 0.3 is 0 Å². The van der Waals surface area contributed by atoms with Gasteiger partial charge in [-0.2, -0.15) is 0 Å². The minimum Gasteiger partial charge on any atom is -0.459 e. The van der Waals surface area contributed by atoms with E-state index in [-0.39, 0.29) is 29.5 Å². The number of rotatable bonds is 7. The molecule has 2 aromatic rings. The highest BCUT2D eigenvalue weighted by Gasteiger charge is 2.26. The van der Waals surface area contributed by atoms with Crippen molar-refractivity contribution < 1.29 is 14.0 Å². The first-order valence-electron chi connectivity index (χ1n) is 8.66. The molecule has 0 saturated heterocycles. The standard InChI is InChI=1S/C20H26N2O3/c1-5-15-8-10-16(11-9-15)14(4)21-20(24)18(13(2)3)22-19(23)17-7-6-12-25-17/h6-14,18H,5H2,1-4H3,(H,21,24)(H,22,23). The molecule has 1 aromatic heterocycles. The monoisotopic (exact) mass is 342 g/mol. The van der Waals surface area contributed by atoms with Gasteiger partial charge in [-0.3, -0.25) is 9.59 Å². The van der Waals surface area contributed by atoms with E-state index in [0.29, 0.717) is 0 Å². The highest BCUT2D eigenvalue weighted by Crippen LogP contribution is 2.15. The molecular weight excluding hydrogens is 316 g/mol. The molecule has 2 unspecified atom stereocenters. The quantitative estimate of drug-likeness (QED) is 0.809. The molecule has 0 saturated carbocycles. The van der Waals surface area contributed by atoms with Crippen LogP contribution in [0.5, 0.6) is 0 Å². The zero-order valence-corrected chi connectivity index (χ0v) is 15.2. The summed E-state index contributed by atoms with van der Waals surface area (Å²) >= 11 is 0. The summed E-state index contributed by atoms with van der Waals surface area (Å²) < 4.78 is 5.08. The van der Waals surface area contributed by atoms with E-state index in [1.165, 1.54) is 11.8 Å². The van der Waals surface area contributed by atoms with Gasteiger partial charge in [0.15, 0.2) is 5.76 Å². The Morgan fingerprint density at radius 1 is 1.04 bits per heavy atom. The van der Waals surface area contributed by atoms with Gasteiger partial charge in [-0.05, 0) is 42.5 Å². The zero-order chi connectivity index (χ0) is 18.4. The molecule has 0 aliphatic carbocycles. The number of hydrogen-bond donors (Lipinski definition) is 2. The lowest BCUT2D eigenvalue weighted by molar-refractivity contribution is -0.124. The van der Waals surface area contributed by atoms with Crippen LogP contribution in [0.2, 0.25) is 0 Å². The van der Waals surface area contributed by atoms with Crippen molar-refractivity contribution in [2.45, 2.75) is 46.2 Å². The molecule has 25 heavy (non-hydrogen) atoms. The van der Waals surface area contributed by atoms with Gasteiger partial charge in [-0.25, -0.2) is 0 Å². The van der Waals surface area contributed by atoms with E-state index >= 15 is 0 Å². The smallest absolute Gasteiger partial charge is 0.287 e. The van der Waals surface area contributed by atoms with Crippen LogP contribution in [0.15, 0.2) is 47.1 Å². The maximum atomic E-state index is 12.6. The number of benzene rings is 1. The van der Waals surface area contributed by atoms with E-state index in [4.69, 9.17) is 4.42 Å². The highest BCUT2D eigenvalue weighted by atomic mass is 16.3. The fraction of sp³-hybridized carbons (Fsp3) is 0.400. The third kappa shape index (κ3) is 4.95. The van der Waals surface area contributed by atoms with Gasteiger partial charge in [0.25, 0.3) is 5.91 Å². The Kier molecular flexibility index (Phi) is 6.39. The van der Waals surface area contributed by atoms with Crippen molar-refractivity contribution >= 4 is 11.8 Å². The summed E-state index contributed by atoms with van der Waals surface area (Å²) in [6.07, 6.45) is 2.41. The maximum absolute atomic E-state index is 12.6. The van der Waals surface area contributed by atoms with Gasteiger partial charge in [0.2, 0.25) is 5.91 Å². The molecule has 2 rings (SSSR count). The van der Waals surface area contributed by atoms with Crippen LogP contribution in [0.4, 0.5) is 0 Å². The van der Waals surface area contributed by atoms with E-state index in [1.807, 2.05) is 32.9 Å². The maximum Gasteiger partial charge on any atom is 0.287 e. The first kappa shape index (κ1) is 18.8. The first-order valence-corrected chi connectivity index (χ1v) is 8.66. The van der Waals surface area contributed by atoms with Crippen LogP contribution in [0.1, 0.15) is 55.4 Å². The molecule has 0 aliphatic rings. The second-order valence-corrected chi connectivity index (χ2v) is 6.50. The summed E-state index contributed by atoms with van der Waals surface area (Å²) in [6, 6.07) is 10.6. The van der Waals surface area contributed by atoms with E-state index in [1.54, 1.807) is 12.1 Å². The largest absolute Gasteiger partial charge is 0.459 e. The molecule has 2 N–H and O–H groups in total. The molecule has 2 atom stereocenters. The fourth-order valence-corrected chi connectivity index (χ4v) is 2.58. The number of furan rings is 1. The summed E-state index contributed by atoms with van der Waals surface area (Å²) in [5, 5.41) is 5.73. The Morgan fingerprint density at radius 2 is 1.72 bits per heavy atom. The second-order valence-electron chi connectivity index (χ2n) is 6.50. The Morgan fingerprint density at radius 3 is 2.24 bits per heavy atom. The van der Waals surface area contributed by atoms with Crippen molar-refractivity contribution in [2.75, 3.05) is 0 Å². The number of carbonyl (C=O) groups excluding carboxylic acids is 2. The topological polar surface area (TPSA) is 71.3 Å². The van der Waals surface area contributed by atoms with Crippen molar-refractivity contribution in [1.82, 2.24) is 10.6 Å². The fourth-order valence-electron chi connectivity index (χ4n) is 2.58. The molecule has 5 nitrogen and oxygen atoms in total. The zero-order valence-electron chi connectivity index (χ0n) is 15.2. The molecule has 5 heteroatoms. The molecule has 0 bridgehead atoms. The van der Waals surface area contributed by atoms with Crippen LogP contribution in [-0.2, 0) is 11.2 Å². The molecule has 0 spiro atoms. The lowest BCUT2D eigenvalue weighted by Crippen LogP contribution is -2.50. The van der Waals surface area contributed by atoms with E-state index in [9.17, 15) is 9.59 Å². The lowest BCUT2D eigenvalue weighted by Gasteiger charge is -2.24. The number of nitrogens with one attached hydrogen (secondary N) is 2. The van der Waals surface area contributed by atoms with Gasteiger partial charge in [-0.1, -0.05) is 45.0 Å². The summed E-state index contributed by atoms with van der Waals surface area (Å²) in [5.41, 5.74) is 2.29. The second kappa shape index (κ2) is 8.51. The van der Waals surface area contributed by atoms with Crippen molar-refractivity contribution in [3.05, 3.63) is 59.5 Å². The molecule has 1 heterocycles. The van der Waals surface area contributed by atoms with Gasteiger partial charge in [0.1, 0.15) is 6.04 Å². The highest BCUT2D eigenvalue weighted by molar-refractivity contribution is 5.95. The molecule has 134 valence electrons. The summed E-state index contributed by atoms with van der Waals surface area (Å²) in [5.74, 6) is -0.448. The molecule has 2 amide bonds. The molecule has 0 aliphatic heterocycles. The Balaban J connectivity index is 2.02. The molecule has 1 aromatic carbocycles. The van der Waals surface area contributed by atoms with Crippen LogP contribution >= 0.6 is 0 Å². The summed E-state index contributed by atoms with van der Waals surface area (Å²) in [6.45, 7) is 7.83. The van der Waals surface area contributed by atoms with Crippen LogP contribution < -0.4 is 10.6 Å². The van der Waals surface area contributed by atoms with Crippen LogP contribution in [-0.4, -0.2) is 17.9 Å². The SMILES string of the molecule is CCc1ccc(C(C)NC(=O)C(NC(=O)c2ccco2)C(C)C)cc1. The number of aryl methyl sites for hydroxylation is 1. The van der Waals surface area contributed by atoms with Crippen molar-refractivity contribution in [3.63, 3.8) is 0 Å². The van der Waals surface area contributed by atoms with Crippen molar-refractivity contribution in [2.24, 2.45) is 5.92 Å². The predicted molar refractivity (Wildman–Crippen MR) is 97.2 cm³/mol. The normalized spacial score (nSPS) is 13.3. The van der Waals surface area contributed by atoms with E-state index in [0.717, 1.165) is 12.0 Å². The van der Waals surface area contributed by atoms with Crippen LogP contribution in [0.3, 0.4) is 0 Å². The summed E-state index contributed by atoms with van der Waals surface area (Å²) in [4.78, 5) is 24.8. The van der Waals surface area contributed by atoms with Crippen LogP contribution in [0.25, 0.3) is 0 Å². The predicted octanol–water partition coefficient (Wildman–Crippen LogP) is 3.47. The van der Waals surface area contributed by atoms with Gasteiger partial charge in [0, 0.05) is 0 Å². The van der Waals surface area contributed by atoms with Crippen LogP contribution in [0, 0.1) is 5.92 Å². The lowest BCUT2D eigenvalue weighted by atomic mass is 10.0. The third-order valence-corrected chi connectivity index (χ3v) is 4.23. The Labute approximate surface area is 148 Å². The third-order valence-electron chi connectivity index (χ3n) is 4.23. The number of hydrogen-bond acceptors (Lipinski definition) is 3. The average Bonchev–Trinajstić information content (AvgIpc) is 3.13. The molecule has 0 fully saturated rings.